The molecule has 2 N–H and O–H groups in total. The van der Waals surface area contributed by atoms with Crippen LogP contribution >= 0.6 is 0 Å². The number of amides is 2. The van der Waals surface area contributed by atoms with E-state index in [0.717, 1.165) is 42.4 Å². The lowest BCUT2D eigenvalue weighted by Crippen LogP contribution is -2.51. The van der Waals surface area contributed by atoms with Gasteiger partial charge < -0.3 is 5.73 Å². The Morgan fingerprint density at radius 3 is 2.45 bits per heavy atom. The number of urea groups is 1. The van der Waals surface area contributed by atoms with E-state index in [4.69, 9.17) is 5.73 Å². The van der Waals surface area contributed by atoms with Crippen LogP contribution in [-0.2, 0) is 0 Å². The minimum absolute atomic E-state index is 0.414. The Bertz CT molecular complexity index is 615. The molecule has 0 unspecified atom stereocenters. The van der Waals surface area contributed by atoms with Crippen LogP contribution in [0, 0.1) is 0 Å². The lowest BCUT2D eigenvalue weighted by molar-refractivity contribution is 0.197. The highest BCUT2D eigenvalue weighted by Gasteiger charge is 2.24. The summed E-state index contributed by atoms with van der Waals surface area (Å²) >= 11 is 0. The van der Waals surface area contributed by atoms with Gasteiger partial charge in [0.25, 0.3) is 0 Å². The average molecular weight is 269 g/mol. The van der Waals surface area contributed by atoms with Crippen molar-refractivity contribution in [2.24, 2.45) is 5.73 Å². The molecule has 0 atom stereocenters. The number of anilines is 1. The normalized spacial score (nSPS) is 16.2. The average Bonchev–Trinajstić information content (AvgIpc) is 2.48. The van der Waals surface area contributed by atoms with Crippen LogP contribution < -0.4 is 10.7 Å². The molecule has 1 saturated heterocycles. The molecule has 4 heteroatoms. The number of hydrogen-bond donors (Lipinski definition) is 1. The topological polar surface area (TPSA) is 49.6 Å². The van der Waals surface area contributed by atoms with Crippen molar-refractivity contribution in [3.05, 3.63) is 42.5 Å². The fraction of sp³-hybridized carbons (Fsp3) is 0.312. The zero-order valence-electron chi connectivity index (χ0n) is 11.5. The van der Waals surface area contributed by atoms with Crippen LogP contribution in [0.15, 0.2) is 42.5 Å². The maximum absolute atomic E-state index is 11.9. The van der Waals surface area contributed by atoms with Crippen LogP contribution in [0.2, 0.25) is 0 Å². The SMILES string of the molecule is NC(=O)N(c1cccc2ccccc12)N1CCCCC1. The molecule has 1 aliphatic heterocycles. The van der Waals surface area contributed by atoms with Gasteiger partial charge in [0.1, 0.15) is 0 Å². The zero-order chi connectivity index (χ0) is 13.9. The highest BCUT2D eigenvalue weighted by Crippen LogP contribution is 2.28. The van der Waals surface area contributed by atoms with Gasteiger partial charge in [-0.15, -0.1) is 0 Å². The van der Waals surface area contributed by atoms with E-state index in [2.05, 4.69) is 5.01 Å². The van der Waals surface area contributed by atoms with Crippen LogP contribution in [0.1, 0.15) is 19.3 Å². The Morgan fingerprint density at radius 2 is 1.70 bits per heavy atom. The fourth-order valence-corrected chi connectivity index (χ4v) is 2.88. The summed E-state index contributed by atoms with van der Waals surface area (Å²) < 4.78 is 0. The Morgan fingerprint density at radius 1 is 1.00 bits per heavy atom. The number of fused-ring (bicyclic) bond motifs is 1. The molecule has 2 aromatic rings. The van der Waals surface area contributed by atoms with E-state index in [1.165, 1.54) is 6.42 Å². The minimum atomic E-state index is -0.414. The van der Waals surface area contributed by atoms with Gasteiger partial charge in [0.2, 0.25) is 0 Å². The second-order valence-corrected chi connectivity index (χ2v) is 5.16. The Balaban J connectivity index is 2.07. The van der Waals surface area contributed by atoms with Crippen LogP contribution in [0.4, 0.5) is 10.5 Å². The lowest BCUT2D eigenvalue weighted by atomic mass is 10.1. The zero-order valence-corrected chi connectivity index (χ0v) is 11.5. The molecule has 4 nitrogen and oxygen atoms in total. The molecule has 1 heterocycles. The number of nitrogens with two attached hydrogens (primary N) is 1. The van der Waals surface area contributed by atoms with Crippen LogP contribution in [0.3, 0.4) is 0 Å². The summed E-state index contributed by atoms with van der Waals surface area (Å²) in [5, 5.41) is 5.88. The van der Waals surface area contributed by atoms with Gasteiger partial charge in [-0.05, 0) is 24.3 Å². The molecule has 2 aromatic carbocycles. The van der Waals surface area contributed by atoms with Crippen molar-refractivity contribution in [3.8, 4) is 0 Å². The monoisotopic (exact) mass is 269 g/mol. The van der Waals surface area contributed by atoms with Gasteiger partial charge in [-0.2, -0.15) is 0 Å². The summed E-state index contributed by atoms with van der Waals surface area (Å²) in [4.78, 5) is 11.9. The van der Waals surface area contributed by atoms with E-state index in [0.29, 0.717) is 0 Å². The largest absolute Gasteiger partial charge is 0.350 e. The maximum atomic E-state index is 11.9. The molecule has 3 rings (SSSR count). The van der Waals surface area contributed by atoms with Crippen LogP contribution in [0.25, 0.3) is 10.8 Å². The quantitative estimate of drug-likeness (QED) is 0.910. The first-order chi connectivity index (χ1) is 9.77. The molecule has 0 aromatic heterocycles. The van der Waals surface area contributed by atoms with Gasteiger partial charge >= 0.3 is 6.03 Å². The molecule has 1 aliphatic rings. The Kier molecular flexibility index (Phi) is 3.56. The van der Waals surface area contributed by atoms with E-state index in [-0.39, 0.29) is 0 Å². The smallest absolute Gasteiger partial charge is 0.334 e. The first-order valence-corrected chi connectivity index (χ1v) is 7.09. The van der Waals surface area contributed by atoms with Gasteiger partial charge in [0.05, 0.1) is 5.69 Å². The summed E-state index contributed by atoms with van der Waals surface area (Å²) in [6, 6.07) is 13.6. The fourth-order valence-electron chi connectivity index (χ4n) is 2.88. The molecule has 0 spiro atoms. The van der Waals surface area contributed by atoms with Crippen molar-refractivity contribution in [2.45, 2.75) is 19.3 Å². The Labute approximate surface area is 118 Å². The summed E-state index contributed by atoms with van der Waals surface area (Å²) in [5.74, 6) is 0. The number of piperidine rings is 1. The van der Waals surface area contributed by atoms with Crippen LogP contribution in [0.5, 0.6) is 0 Å². The van der Waals surface area contributed by atoms with E-state index < -0.39 is 6.03 Å². The van der Waals surface area contributed by atoms with Crippen molar-refractivity contribution >= 4 is 22.5 Å². The first kappa shape index (κ1) is 12.9. The molecular formula is C16H19N3O. The minimum Gasteiger partial charge on any atom is -0.350 e. The molecule has 0 radical (unpaired) electrons. The number of carbonyl (C=O) groups excluding carboxylic acids is 1. The second kappa shape index (κ2) is 5.51. The van der Waals surface area contributed by atoms with Crippen molar-refractivity contribution < 1.29 is 4.79 Å². The summed E-state index contributed by atoms with van der Waals surface area (Å²) in [5.41, 5.74) is 6.51. The maximum Gasteiger partial charge on any atom is 0.334 e. The number of hydrazine groups is 1. The Hall–Kier alpha value is -2.07. The third-order valence-corrected chi connectivity index (χ3v) is 3.82. The molecule has 0 bridgehead atoms. The second-order valence-electron chi connectivity index (χ2n) is 5.16. The van der Waals surface area contributed by atoms with Crippen molar-refractivity contribution in [2.75, 3.05) is 18.1 Å². The molecule has 104 valence electrons. The van der Waals surface area contributed by atoms with Gasteiger partial charge in [0.15, 0.2) is 0 Å². The van der Waals surface area contributed by atoms with Crippen molar-refractivity contribution in [1.82, 2.24) is 5.01 Å². The summed E-state index contributed by atoms with van der Waals surface area (Å²) in [7, 11) is 0. The van der Waals surface area contributed by atoms with Crippen molar-refractivity contribution in [1.29, 1.82) is 0 Å². The highest BCUT2D eigenvalue weighted by atomic mass is 16.2. The first-order valence-electron chi connectivity index (χ1n) is 7.09. The van der Waals surface area contributed by atoms with Crippen LogP contribution in [-0.4, -0.2) is 24.1 Å². The van der Waals surface area contributed by atoms with Gasteiger partial charge in [-0.25, -0.2) is 14.8 Å². The highest BCUT2D eigenvalue weighted by molar-refractivity contribution is 6.02. The number of primary amides is 1. The molecule has 1 fully saturated rings. The van der Waals surface area contributed by atoms with E-state index in [9.17, 15) is 4.79 Å². The summed E-state index contributed by atoms with van der Waals surface area (Å²) in [6.45, 7) is 1.76. The lowest BCUT2D eigenvalue weighted by Gasteiger charge is -2.36. The van der Waals surface area contributed by atoms with Gasteiger partial charge in [-0.3, -0.25) is 0 Å². The van der Waals surface area contributed by atoms with Gasteiger partial charge in [-0.1, -0.05) is 42.8 Å². The standard InChI is InChI=1S/C16H19N3O/c17-16(20)19(18-11-4-1-5-12-18)15-10-6-8-13-7-2-3-9-14(13)15/h2-3,6-10H,1,4-5,11-12H2,(H2,17,20). The predicted octanol–water partition coefficient (Wildman–Crippen LogP) is 3.13. The number of rotatable bonds is 2. The van der Waals surface area contributed by atoms with E-state index in [1.807, 2.05) is 42.5 Å². The summed E-state index contributed by atoms with van der Waals surface area (Å²) in [6.07, 6.45) is 3.43. The molecule has 0 saturated carbocycles. The predicted molar refractivity (Wildman–Crippen MR) is 81.4 cm³/mol. The van der Waals surface area contributed by atoms with E-state index >= 15 is 0 Å². The number of carbonyl (C=O) groups is 1. The molecule has 2 amide bonds. The van der Waals surface area contributed by atoms with Crippen molar-refractivity contribution in [3.63, 3.8) is 0 Å². The molecular weight excluding hydrogens is 250 g/mol. The van der Waals surface area contributed by atoms with Gasteiger partial charge in [0, 0.05) is 18.5 Å². The molecule has 0 aliphatic carbocycles. The third-order valence-electron chi connectivity index (χ3n) is 3.82. The number of hydrogen-bond acceptors (Lipinski definition) is 2. The number of benzene rings is 2. The third kappa shape index (κ3) is 2.34. The number of nitrogens with zero attached hydrogens (tertiary/aromatic N) is 2. The van der Waals surface area contributed by atoms with E-state index in [1.54, 1.807) is 5.01 Å². The molecule has 20 heavy (non-hydrogen) atoms.